The number of halogens is 3. The fourth-order valence-corrected chi connectivity index (χ4v) is 5.88. The summed E-state index contributed by atoms with van der Waals surface area (Å²) in [5.41, 5.74) is 2.84. The Hall–Kier alpha value is -5.01. The van der Waals surface area contributed by atoms with Gasteiger partial charge < -0.3 is 15.0 Å². The summed E-state index contributed by atoms with van der Waals surface area (Å²) >= 11 is 1.24. The highest BCUT2D eigenvalue weighted by molar-refractivity contribution is 7.99. The number of hydrogen-bond donors (Lipinski definition) is 2. The van der Waals surface area contributed by atoms with Crippen LogP contribution in [-0.2, 0) is 13.2 Å². The molecule has 0 fully saturated rings. The van der Waals surface area contributed by atoms with Crippen LogP contribution in [0.25, 0.3) is 22.0 Å². The molecule has 5 rings (SSSR count). The standard InChI is InChI=1S/C33H24F3N3O3S/c1-19(20-7-9-21(10-8-20)32(41)42)38-31(40)27-15-23(26-6-4-3-5-22(26)17-37)16-28-30(27)29(18-39(28)2)43-25-13-11-24(12-14-25)33(34,35)36/h3-16,18-19H,1-2H3,(H,38,40)(H,41,42)/t19-/m0/s1. The normalized spacial score (nSPS) is 12.1. The number of aromatic nitrogens is 1. The van der Waals surface area contributed by atoms with E-state index in [-0.39, 0.29) is 5.56 Å². The summed E-state index contributed by atoms with van der Waals surface area (Å²) in [6, 6.07) is 23.4. The van der Waals surface area contributed by atoms with E-state index in [0.29, 0.717) is 48.5 Å². The highest BCUT2D eigenvalue weighted by Crippen LogP contribution is 2.40. The van der Waals surface area contributed by atoms with Crippen LogP contribution < -0.4 is 5.32 Å². The van der Waals surface area contributed by atoms with Crippen LogP contribution in [0.5, 0.6) is 0 Å². The van der Waals surface area contributed by atoms with Gasteiger partial charge in [-0.15, -0.1) is 0 Å². The zero-order chi connectivity index (χ0) is 30.9. The molecular weight excluding hydrogens is 575 g/mol. The monoisotopic (exact) mass is 599 g/mol. The van der Waals surface area contributed by atoms with Gasteiger partial charge in [0.2, 0.25) is 0 Å². The van der Waals surface area contributed by atoms with Gasteiger partial charge in [0.15, 0.2) is 0 Å². The van der Waals surface area contributed by atoms with Crippen molar-refractivity contribution in [1.29, 1.82) is 5.26 Å². The molecule has 0 bridgehead atoms. The first-order valence-electron chi connectivity index (χ1n) is 13.1. The van der Waals surface area contributed by atoms with Gasteiger partial charge in [-0.05, 0) is 78.2 Å². The number of alkyl halides is 3. The number of nitrogens with one attached hydrogen (secondary N) is 1. The minimum atomic E-state index is -4.45. The van der Waals surface area contributed by atoms with Crippen molar-refractivity contribution in [2.75, 3.05) is 0 Å². The lowest BCUT2D eigenvalue weighted by atomic mass is 9.96. The number of aryl methyl sites for hydroxylation is 1. The maximum Gasteiger partial charge on any atom is 0.416 e. The molecular formula is C33H24F3N3O3S. The van der Waals surface area contributed by atoms with Crippen LogP contribution in [0.2, 0.25) is 0 Å². The molecule has 0 radical (unpaired) electrons. The molecule has 4 aromatic carbocycles. The zero-order valence-corrected chi connectivity index (χ0v) is 23.8. The summed E-state index contributed by atoms with van der Waals surface area (Å²) in [5, 5.41) is 22.5. The number of benzene rings is 4. The number of aromatic carboxylic acids is 1. The van der Waals surface area contributed by atoms with E-state index in [9.17, 15) is 33.1 Å². The molecule has 1 heterocycles. The van der Waals surface area contributed by atoms with Crippen LogP contribution in [0, 0.1) is 11.3 Å². The van der Waals surface area contributed by atoms with Gasteiger partial charge >= 0.3 is 12.1 Å². The highest BCUT2D eigenvalue weighted by Gasteiger charge is 2.30. The van der Waals surface area contributed by atoms with Crippen molar-refractivity contribution in [2.45, 2.75) is 28.9 Å². The Bertz CT molecular complexity index is 1890. The van der Waals surface area contributed by atoms with Crippen molar-refractivity contribution in [2.24, 2.45) is 7.05 Å². The van der Waals surface area contributed by atoms with E-state index in [1.807, 2.05) is 23.9 Å². The largest absolute Gasteiger partial charge is 0.478 e. The maximum atomic E-state index is 13.9. The number of carbonyl (C=O) groups is 2. The molecule has 6 nitrogen and oxygen atoms in total. The maximum absolute atomic E-state index is 13.9. The van der Waals surface area contributed by atoms with E-state index in [1.54, 1.807) is 49.4 Å². The molecule has 2 N–H and O–H groups in total. The Labute approximate surface area is 249 Å². The number of rotatable bonds is 7. The molecule has 1 atom stereocenters. The molecule has 216 valence electrons. The molecule has 0 unspecified atom stereocenters. The molecule has 5 aromatic rings. The number of nitriles is 1. The molecule has 0 spiro atoms. The smallest absolute Gasteiger partial charge is 0.416 e. The van der Waals surface area contributed by atoms with Crippen LogP contribution >= 0.6 is 11.8 Å². The fourth-order valence-electron chi connectivity index (χ4n) is 4.83. The summed E-state index contributed by atoms with van der Waals surface area (Å²) in [4.78, 5) is 26.4. The van der Waals surface area contributed by atoms with Crippen molar-refractivity contribution in [3.05, 3.63) is 119 Å². The Balaban J connectivity index is 1.59. The average Bonchev–Trinajstić information content (AvgIpc) is 3.30. The lowest BCUT2D eigenvalue weighted by Gasteiger charge is -2.17. The number of hydrogen-bond acceptors (Lipinski definition) is 4. The minimum absolute atomic E-state index is 0.127. The average molecular weight is 600 g/mol. The first-order chi connectivity index (χ1) is 20.5. The SMILES string of the molecule is C[C@H](NC(=O)c1cc(-c2ccccc2C#N)cc2c1c(Sc1ccc(C(F)(F)F)cc1)cn2C)c1ccc(C(=O)O)cc1. The van der Waals surface area contributed by atoms with Crippen LogP contribution in [0.4, 0.5) is 13.2 Å². The van der Waals surface area contributed by atoms with Gasteiger partial charge in [0, 0.05) is 28.4 Å². The highest BCUT2D eigenvalue weighted by atomic mass is 32.2. The van der Waals surface area contributed by atoms with E-state index in [0.717, 1.165) is 12.1 Å². The van der Waals surface area contributed by atoms with Gasteiger partial charge in [0.1, 0.15) is 0 Å². The second-order valence-corrected chi connectivity index (χ2v) is 11.0. The molecule has 1 amide bonds. The van der Waals surface area contributed by atoms with Crippen molar-refractivity contribution >= 4 is 34.5 Å². The van der Waals surface area contributed by atoms with Crippen LogP contribution in [-0.4, -0.2) is 21.6 Å². The predicted octanol–water partition coefficient (Wildman–Crippen LogP) is 8.08. The van der Waals surface area contributed by atoms with E-state index in [1.165, 1.54) is 36.0 Å². The van der Waals surface area contributed by atoms with Crippen molar-refractivity contribution in [3.8, 4) is 17.2 Å². The summed E-state index contributed by atoms with van der Waals surface area (Å²) < 4.78 is 41.2. The third-order valence-electron chi connectivity index (χ3n) is 7.07. The molecule has 0 aliphatic heterocycles. The summed E-state index contributed by atoms with van der Waals surface area (Å²) in [5.74, 6) is -1.46. The van der Waals surface area contributed by atoms with Gasteiger partial charge in [-0.1, -0.05) is 42.1 Å². The lowest BCUT2D eigenvalue weighted by molar-refractivity contribution is -0.137. The Kier molecular flexibility index (Phi) is 8.02. The minimum Gasteiger partial charge on any atom is -0.478 e. The third-order valence-corrected chi connectivity index (χ3v) is 8.11. The fraction of sp³-hybridized carbons (Fsp3) is 0.121. The van der Waals surface area contributed by atoms with Gasteiger partial charge in [-0.25, -0.2) is 4.79 Å². The first-order valence-corrected chi connectivity index (χ1v) is 13.9. The molecule has 0 aliphatic rings. The zero-order valence-electron chi connectivity index (χ0n) is 22.9. The molecule has 1 aromatic heterocycles. The topological polar surface area (TPSA) is 95.1 Å². The van der Waals surface area contributed by atoms with Crippen LogP contribution in [0.3, 0.4) is 0 Å². The molecule has 10 heteroatoms. The number of nitrogens with zero attached hydrogens (tertiary/aromatic N) is 2. The number of carbonyl (C=O) groups excluding carboxylic acids is 1. The van der Waals surface area contributed by atoms with E-state index in [4.69, 9.17) is 0 Å². The van der Waals surface area contributed by atoms with Gasteiger partial charge in [0.05, 0.1) is 39.9 Å². The van der Waals surface area contributed by atoms with Gasteiger partial charge in [-0.3, -0.25) is 4.79 Å². The Morgan fingerprint density at radius 2 is 1.67 bits per heavy atom. The van der Waals surface area contributed by atoms with Crippen LogP contribution in [0.1, 0.15) is 50.4 Å². The number of fused-ring (bicyclic) bond motifs is 1. The number of amides is 1. The Morgan fingerprint density at radius 1 is 1.00 bits per heavy atom. The van der Waals surface area contributed by atoms with Crippen LogP contribution in [0.15, 0.2) is 101 Å². The molecule has 43 heavy (non-hydrogen) atoms. The van der Waals surface area contributed by atoms with E-state index in [2.05, 4.69) is 11.4 Å². The Morgan fingerprint density at radius 3 is 2.30 bits per heavy atom. The number of carboxylic acid groups (broad SMARTS) is 1. The second kappa shape index (κ2) is 11.7. The lowest BCUT2D eigenvalue weighted by Crippen LogP contribution is -2.27. The summed E-state index contributed by atoms with van der Waals surface area (Å²) in [7, 11) is 1.81. The predicted molar refractivity (Wildman–Crippen MR) is 158 cm³/mol. The second-order valence-electron chi connectivity index (χ2n) is 9.93. The van der Waals surface area contributed by atoms with E-state index >= 15 is 0 Å². The van der Waals surface area contributed by atoms with Crippen molar-refractivity contribution < 1.29 is 27.9 Å². The quantitative estimate of drug-likeness (QED) is 0.197. The summed E-state index contributed by atoms with van der Waals surface area (Å²) in [6.07, 6.45) is -2.63. The van der Waals surface area contributed by atoms with Crippen molar-refractivity contribution in [1.82, 2.24) is 9.88 Å². The molecule has 0 aliphatic carbocycles. The third kappa shape index (κ3) is 6.12. The molecule has 0 saturated carbocycles. The van der Waals surface area contributed by atoms with Gasteiger partial charge in [-0.2, -0.15) is 18.4 Å². The number of carboxylic acids is 1. The first kappa shape index (κ1) is 29.5. The van der Waals surface area contributed by atoms with Gasteiger partial charge in [0.25, 0.3) is 5.91 Å². The van der Waals surface area contributed by atoms with E-state index < -0.39 is 29.7 Å². The summed E-state index contributed by atoms with van der Waals surface area (Å²) in [6.45, 7) is 1.78. The molecule has 0 saturated heterocycles. The van der Waals surface area contributed by atoms with Crippen molar-refractivity contribution in [3.63, 3.8) is 0 Å².